The fraction of sp³-hybridized carbons (Fsp3) is 1.00. The molecule has 2 atom stereocenters. The highest BCUT2D eigenvalue weighted by atomic mass is 16.5. The maximum absolute atomic E-state index is 5.57. The fourth-order valence-electron chi connectivity index (χ4n) is 1.32. The second kappa shape index (κ2) is 6.62. The highest BCUT2D eigenvalue weighted by molar-refractivity contribution is 4.66. The van der Waals surface area contributed by atoms with E-state index in [-0.39, 0.29) is 6.10 Å². The van der Waals surface area contributed by atoms with Crippen molar-refractivity contribution in [1.29, 1.82) is 0 Å². The fourth-order valence-corrected chi connectivity index (χ4v) is 1.32. The molecule has 0 amide bonds. The second-order valence-corrected chi connectivity index (χ2v) is 3.00. The van der Waals surface area contributed by atoms with Crippen molar-refractivity contribution in [1.82, 2.24) is 0 Å². The standard InChI is InChI=1S/C9H21NO/c1-4-6-8(3)9(7-10)11-5-2/h8-9H,4-7,10H2,1-3H3. The predicted octanol–water partition coefficient (Wildman–Crippen LogP) is 1.79. The van der Waals surface area contributed by atoms with Gasteiger partial charge in [0.1, 0.15) is 0 Å². The Balaban J connectivity index is 3.61. The van der Waals surface area contributed by atoms with Gasteiger partial charge in [0.2, 0.25) is 0 Å². The van der Waals surface area contributed by atoms with E-state index in [4.69, 9.17) is 10.5 Å². The lowest BCUT2D eigenvalue weighted by molar-refractivity contribution is 0.0288. The molecule has 0 aliphatic carbocycles. The van der Waals surface area contributed by atoms with Gasteiger partial charge in [0.05, 0.1) is 6.10 Å². The summed E-state index contributed by atoms with van der Waals surface area (Å²) in [6, 6.07) is 0. The molecule has 68 valence electrons. The van der Waals surface area contributed by atoms with Crippen LogP contribution in [0.4, 0.5) is 0 Å². The number of hydrogen-bond acceptors (Lipinski definition) is 2. The molecule has 0 aliphatic rings. The van der Waals surface area contributed by atoms with Gasteiger partial charge < -0.3 is 10.5 Å². The second-order valence-electron chi connectivity index (χ2n) is 3.00. The van der Waals surface area contributed by atoms with Crippen molar-refractivity contribution in [2.75, 3.05) is 13.2 Å². The van der Waals surface area contributed by atoms with Crippen molar-refractivity contribution in [3.8, 4) is 0 Å². The molecule has 0 saturated heterocycles. The largest absolute Gasteiger partial charge is 0.377 e. The van der Waals surface area contributed by atoms with Crippen molar-refractivity contribution in [3.63, 3.8) is 0 Å². The Morgan fingerprint density at radius 2 is 2.00 bits per heavy atom. The lowest BCUT2D eigenvalue weighted by atomic mass is 9.99. The maximum atomic E-state index is 5.57. The van der Waals surface area contributed by atoms with E-state index in [0.29, 0.717) is 12.5 Å². The summed E-state index contributed by atoms with van der Waals surface area (Å²) in [6.45, 7) is 7.83. The van der Waals surface area contributed by atoms with Crippen LogP contribution in [-0.2, 0) is 4.74 Å². The van der Waals surface area contributed by atoms with Crippen LogP contribution in [0, 0.1) is 5.92 Å². The average molecular weight is 159 g/mol. The van der Waals surface area contributed by atoms with Crippen LogP contribution in [0.25, 0.3) is 0 Å². The van der Waals surface area contributed by atoms with Gasteiger partial charge in [-0.3, -0.25) is 0 Å². The Morgan fingerprint density at radius 3 is 2.36 bits per heavy atom. The van der Waals surface area contributed by atoms with E-state index in [1.807, 2.05) is 6.92 Å². The third kappa shape index (κ3) is 4.38. The number of ether oxygens (including phenoxy) is 1. The molecule has 11 heavy (non-hydrogen) atoms. The molecule has 0 aromatic heterocycles. The highest BCUT2D eigenvalue weighted by Crippen LogP contribution is 2.12. The van der Waals surface area contributed by atoms with Gasteiger partial charge >= 0.3 is 0 Å². The Hall–Kier alpha value is -0.0800. The van der Waals surface area contributed by atoms with Crippen LogP contribution in [0.3, 0.4) is 0 Å². The molecule has 0 aliphatic heterocycles. The van der Waals surface area contributed by atoms with E-state index in [2.05, 4.69) is 13.8 Å². The number of rotatable bonds is 6. The van der Waals surface area contributed by atoms with E-state index in [1.165, 1.54) is 12.8 Å². The number of hydrogen-bond donors (Lipinski definition) is 1. The summed E-state index contributed by atoms with van der Waals surface area (Å²) in [7, 11) is 0. The summed E-state index contributed by atoms with van der Waals surface area (Å²) in [5.74, 6) is 0.602. The van der Waals surface area contributed by atoms with Crippen molar-refractivity contribution < 1.29 is 4.74 Å². The zero-order valence-corrected chi connectivity index (χ0v) is 7.97. The Kier molecular flexibility index (Phi) is 6.57. The molecule has 0 saturated carbocycles. The van der Waals surface area contributed by atoms with Crippen LogP contribution in [0.1, 0.15) is 33.6 Å². The van der Waals surface area contributed by atoms with Gasteiger partial charge in [-0.25, -0.2) is 0 Å². The molecule has 0 spiro atoms. The molecule has 2 nitrogen and oxygen atoms in total. The minimum Gasteiger partial charge on any atom is -0.377 e. The summed E-state index contributed by atoms with van der Waals surface area (Å²) in [4.78, 5) is 0. The summed E-state index contributed by atoms with van der Waals surface area (Å²) in [5, 5.41) is 0. The molecular formula is C9H21NO. The maximum Gasteiger partial charge on any atom is 0.0722 e. The smallest absolute Gasteiger partial charge is 0.0722 e. The molecule has 0 heterocycles. The minimum atomic E-state index is 0.264. The third-order valence-corrected chi connectivity index (χ3v) is 1.99. The summed E-state index contributed by atoms with van der Waals surface area (Å²) >= 11 is 0. The zero-order chi connectivity index (χ0) is 8.69. The van der Waals surface area contributed by atoms with Crippen molar-refractivity contribution in [2.24, 2.45) is 11.7 Å². The van der Waals surface area contributed by atoms with Gasteiger partial charge in [-0.2, -0.15) is 0 Å². The third-order valence-electron chi connectivity index (χ3n) is 1.99. The van der Waals surface area contributed by atoms with Crippen LogP contribution >= 0.6 is 0 Å². The SMILES string of the molecule is CCCC(C)C(CN)OCC. The topological polar surface area (TPSA) is 35.2 Å². The van der Waals surface area contributed by atoms with Crippen LogP contribution in [-0.4, -0.2) is 19.3 Å². The van der Waals surface area contributed by atoms with Crippen LogP contribution in [0.5, 0.6) is 0 Å². The van der Waals surface area contributed by atoms with Crippen LogP contribution < -0.4 is 5.73 Å². The van der Waals surface area contributed by atoms with E-state index >= 15 is 0 Å². The predicted molar refractivity (Wildman–Crippen MR) is 48.5 cm³/mol. The van der Waals surface area contributed by atoms with Gasteiger partial charge in [0, 0.05) is 13.2 Å². The summed E-state index contributed by atoms with van der Waals surface area (Å²) in [5.41, 5.74) is 5.57. The Morgan fingerprint density at radius 1 is 1.36 bits per heavy atom. The van der Waals surface area contributed by atoms with Crippen LogP contribution in [0.2, 0.25) is 0 Å². The molecule has 0 aromatic carbocycles. The van der Waals surface area contributed by atoms with Crippen molar-refractivity contribution in [2.45, 2.75) is 39.7 Å². The molecule has 2 unspecified atom stereocenters. The first kappa shape index (κ1) is 10.9. The summed E-state index contributed by atoms with van der Waals surface area (Å²) < 4.78 is 5.48. The quantitative estimate of drug-likeness (QED) is 0.641. The lowest BCUT2D eigenvalue weighted by Crippen LogP contribution is -2.30. The molecule has 0 aromatic rings. The first-order valence-electron chi connectivity index (χ1n) is 4.57. The van der Waals surface area contributed by atoms with Crippen LogP contribution in [0.15, 0.2) is 0 Å². The molecule has 2 N–H and O–H groups in total. The normalized spacial score (nSPS) is 16.4. The lowest BCUT2D eigenvalue weighted by Gasteiger charge is -2.21. The van der Waals surface area contributed by atoms with Gasteiger partial charge in [-0.15, -0.1) is 0 Å². The van der Waals surface area contributed by atoms with E-state index in [0.717, 1.165) is 6.61 Å². The highest BCUT2D eigenvalue weighted by Gasteiger charge is 2.13. The first-order valence-corrected chi connectivity index (χ1v) is 4.57. The first-order chi connectivity index (χ1) is 5.26. The van der Waals surface area contributed by atoms with E-state index < -0.39 is 0 Å². The summed E-state index contributed by atoms with van der Waals surface area (Å²) in [6.07, 6.45) is 2.69. The number of nitrogens with two attached hydrogens (primary N) is 1. The minimum absolute atomic E-state index is 0.264. The van der Waals surface area contributed by atoms with Gasteiger partial charge in [-0.1, -0.05) is 20.3 Å². The van der Waals surface area contributed by atoms with Gasteiger partial charge in [-0.05, 0) is 19.3 Å². The molecule has 2 heteroatoms. The molecular weight excluding hydrogens is 138 g/mol. The Bertz CT molecular complexity index is 85.6. The molecule has 0 radical (unpaired) electrons. The Labute approximate surface area is 70.1 Å². The zero-order valence-electron chi connectivity index (χ0n) is 7.97. The van der Waals surface area contributed by atoms with Gasteiger partial charge in [0.25, 0.3) is 0 Å². The monoisotopic (exact) mass is 159 g/mol. The molecule has 0 rings (SSSR count). The molecule has 0 fully saturated rings. The van der Waals surface area contributed by atoms with E-state index in [9.17, 15) is 0 Å². The van der Waals surface area contributed by atoms with Crippen molar-refractivity contribution >= 4 is 0 Å². The van der Waals surface area contributed by atoms with Crippen molar-refractivity contribution in [3.05, 3.63) is 0 Å². The molecule has 0 bridgehead atoms. The van der Waals surface area contributed by atoms with E-state index in [1.54, 1.807) is 0 Å². The average Bonchev–Trinajstić information content (AvgIpc) is 2.00. The van der Waals surface area contributed by atoms with Gasteiger partial charge in [0.15, 0.2) is 0 Å².